The van der Waals surface area contributed by atoms with E-state index >= 15 is 0 Å². The van der Waals surface area contributed by atoms with Gasteiger partial charge in [0.25, 0.3) is 0 Å². The molecule has 1 aromatic heterocycles. The summed E-state index contributed by atoms with van der Waals surface area (Å²) in [7, 11) is 0. The number of thiophene rings is 1. The lowest BCUT2D eigenvalue weighted by atomic mass is 10.0. The molecule has 0 N–H and O–H groups in total. The second-order valence-electron chi connectivity index (χ2n) is 3.69. The smallest absolute Gasteiger partial charge is 0.172 e. The number of Topliss-reactive ketones (excluding diaryl/α,β-unsaturated/α-hetero) is 1. The Morgan fingerprint density at radius 3 is 2.85 bits per heavy atom. The first-order valence-electron chi connectivity index (χ1n) is 4.77. The minimum Gasteiger partial charge on any atom is -0.293 e. The van der Waals surface area contributed by atoms with Gasteiger partial charge >= 0.3 is 0 Å². The molecule has 0 fully saturated rings. The standard InChI is InChI=1S/C11H16OS/c1-9(2)5-3-6-10(12)11-7-4-8-13-11/h4,7-9H,3,5-6H2,1-2H3. The second-order valence-corrected chi connectivity index (χ2v) is 4.63. The van der Waals surface area contributed by atoms with Crippen molar-refractivity contribution in [2.24, 2.45) is 5.92 Å². The fourth-order valence-corrected chi connectivity index (χ4v) is 1.93. The lowest BCUT2D eigenvalue weighted by molar-refractivity contribution is 0.0982. The van der Waals surface area contributed by atoms with E-state index in [-0.39, 0.29) is 0 Å². The molecular formula is C11H16OS. The molecule has 1 aromatic rings. The van der Waals surface area contributed by atoms with E-state index < -0.39 is 0 Å². The van der Waals surface area contributed by atoms with Gasteiger partial charge in [-0.3, -0.25) is 4.79 Å². The molecule has 0 bridgehead atoms. The van der Waals surface area contributed by atoms with Crippen LogP contribution in [0.25, 0.3) is 0 Å². The van der Waals surface area contributed by atoms with Crippen LogP contribution in [0.1, 0.15) is 42.8 Å². The summed E-state index contributed by atoms with van der Waals surface area (Å²) in [5, 5.41) is 1.95. The topological polar surface area (TPSA) is 17.1 Å². The summed E-state index contributed by atoms with van der Waals surface area (Å²) in [6.45, 7) is 4.38. The highest BCUT2D eigenvalue weighted by molar-refractivity contribution is 7.12. The van der Waals surface area contributed by atoms with E-state index in [1.807, 2.05) is 17.5 Å². The van der Waals surface area contributed by atoms with Crippen molar-refractivity contribution >= 4 is 17.1 Å². The Hall–Kier alpha value is -0.630. The van der Waals surface area contributed by atoms with Crippen molar-refractivity contribution in [3.8, 4) is 0 Å². The van der Waals surface area contributed by atoms with Crippen LogP contribution in [-0.2, 0) is 0 Å². The summed E-state index contributed by atoms with van der Waals surface area (Å²) in [5.41, 5.74) is 0. The first-order chi connectivity index (χ1) is 6.20. The van der Waals surface area contributed by atoms with Crippen molar-refractivity contribution in [1.29, 1.82) is 0 Å². The summed E-state index contributed by atoms with van der Waals surface area (Å²) < 4.78 is 0. The highest BCUT2D eigenvalue weighted by atomic mass is 32.1. The maximum Gasteiger partial charge on any atom is 0.172 e. The van der Waals surface area contributed by atoms with Gasteiger partial charge in [-0.1, -0.05) is 26.3 Å². The number of carbonyl (C=O) groups excluding carboxylic acids is 1. The van der Waals surface area contributed by atoms with Crippen molar-refractivity contribution in [2.45, 2.75) is 33.1 Å². The monoisotopic (exact) mass is 196 g/mol. The van der Waals surface area contributed by atoms with Crippen LogP contribution in [0.15, 0.2) is 17.5 Å². The number of rotatable bonds is 5. The van der Waals surface area contributed by atoms with Gasteiger partial charge in [-0.2, -0.15) is 0 Å². The van der Waals surface area contributed by atoms with Gasteiger partial charge in [-0.15, -0.1) is 11.3 Å². The Labute approximate surface area is 83.8 Å². The Kier molecular flexibility index (Phi) is 4.16. The molecule has 72 valence electrons. The van der Waals surface area contributed by atoms with E-state index in [1.54, 1.807) is 11.3 Å². The number of carbonyl (C=O) groups is 1. The average molecular weight is 196 g/mol. The quantitative estimate of drug-likeness (QED) is 0.655. The number of hydrogen-bond donors (Lipinski definition) is 0. The van der Waals surface area contributed by atoms with Gasteiger partial charge < -0.3 is 0 Å². The van der Waals surface area contributed by atoms with Crippen LogP contribution in [-0.4, -0.2) is 5.78 Å². The summed E-state index contributed by atoms with van der Waals surface area (Å²) in [5.74, 6) is 1.01. The van der Waals surface area contributed by atoms with E-state index in [0.29, 0.717) is 18.1 Å². The molecule has 13 heavy (non-hydrogen) atoms. The van der Waals surface area contributed by atoms with Gasteiger partial charge in [-0.05, 0) is 23.8 Å². The van der Waals surface area contributed by atoms with Crippen molar-refractivity contribution in [3.63, 3.8) is 0 Å². The van der Waals surface area contributed by atoms with Gasteiger partial charge in [0, 0.05) is 6.42 Å². The molecule has 0 atom stereocenters. The Balaban J connectivity index is 2.27. The normalized spacial score (nSPS) is 10.7. The van der Waals surface area contributed by atoms with Gasteiger partial charge in [0.2, 0.25) is 0 Å². The van der Waals surface area contributed by atoms with Gasteiger partial charge in [0.1, 0.15) is 0 Å². The van der Waals surface area contributed by atoms with Crippen molar-refractivity contribution in [2.75, 3.05) is 0 Å². The maximum absolute atomic E-state index is 11.5. The van der Waals surface area contributed by atoms with E-state index in [2.05, 4.69) is 13.8 Å². The van der Waals surface area contributed by atoms with Crippen LogP contribution in [0.4, 0.5) is 0 Å². The zero-order valence-corrected chi connectivity index (χ0v) is 9.06. The van der Waals surface area contributed by atoms with Crippen LogP contribution in [0.2, 0.25) is 0 Å². The molecule has 0 aliphatic rings. The Morgan fingerprint density at radius 1 is 1.54 bits per heavy atom. The maximum atomic E-state index is 11.5. The molecule has 0 saturated carbocycles. The van der Waals surface area contributed by atoms with E-state index in [4.69, 9.17) is 0 Å². The molecule has 2 heteroatoms. The largest absolute Gasteiger partial charge is 0.293 e. The molecule has 0 aliphatic heterocycles. The lowest BCUT2D eigenvalue weighted by Crippen LogP contribution is -1.97. The number of hydrogen-bond acceptors (Lipinski definition) is 2. The third-order valence-corrected chi connectivity index (χ3v) is 2.89. The van der Waals surface area contributed by atoms with E-state index in [9.17, 15) is 4.79 Å². The minimum absolute atomic E-state index is 0.302. The van der Waals surface area contributed by atoms with Crippen LogP contribution in [0.3, 0.4) is 0 Å². The summed E-state index contributed by atoms with van der Waals surface area (Å²) in [6, 6.07) is 3.84. The van der Waals surface area contributed by atoms with Crippen LogP contribution >= 0.6 is 11.3 Å². The molecule has 0 unspecified atom stereocenters. The molecular weight excluding hydrogens is 180 g/mol. The second kappa shape index (κ2) is 5.18. The highest BCUT2D eigenvalue weighted by Gasteiger charge is 2.06. The molecule has 0 saturated heterocycles. The predicted octanol–water partition coefficient (Wildman–Crippen LogP) is 3.76. The van der Waals surface area contributed by atoms with Crippen molar-refractivity contribution < 1.29 is 4.79 Å². The van der Waals surface area contributed by atoms with E-state index in [1.165, 1.54) is 0 Å². The van der Waals surface area contributed by atoms with Crippen molar-refractivity contribution in [3.05, 3.63) is 22.4 Å². The predicted molar refractivity (Wildman–Crippen MR) is 57.3 cm³/mol. The molecule has 0 aromatic carbocycles. The lowest BCUT2D eigenvalue weighted by Gasteiger charge is -2.02. The SMILES string of the molecule is CC(C)CCCC(=O)c1cccs1. The van der Waals surface area contributed by atoms with Crippen LogP contribution in [0, 0.1) is 5.92 Å². The van der Waals surface area contributed by atoms with Crippen molar-refractivity contribution in [1.82, 2.24) is 0 Å². The van der Waals surface area contributed by atoms with Gasteiger partial charge in [0.05, 0.1) is 4.88 Å². The minimum atomic E-state index is 0.302. The average Bonchev–Trinajstić information content (AvgIpc) is 2.55. The fourth-order valence-electron chi connectivity index (χ4n) is 1.23. The Morgan fingerprint density at radius 2 is 2.31 bits per heavy atom. The summed E-state index contributed by atoms with van der Waals surface area (Å²) >= 11 is 1.54. The van der Waals surface area contributed by atoms with Gasteiger partial charge in [0.15, 0.2) is 5.78 Å². The zero-order valence-electron chi connectivity index (χ0n) is 8.25. The summed E-state index contributed by atoms with van der Waals surface area (Å²) in [4.78, 5) is 12.4. The first-order valence-corrected chi connectivity index (χ1v) is 5.65. The van der Waals surface area contributed by atoms with Crippen LogP contribution < -0.4 is 0 Å². The molecule has 0 amide bonds. The van der Waals surface area contributed by atoms with E-state index in [0.717, 1.165) is 17.7 Å². The van der Waals surface area contributed by atoms with Crippen LogP contribution in [0.5, 0.6) is 0 Å². The third-order valence-electron chi connectivity index (χ3n) is 1.98. The first kappa shape index (κ1) is 10.5. The van der Waals surface area contributed by atoms with Gasteiger partial charge in [-0.25, -0.2) is 0 Å². The zero-order chi connectivity index (χ0) is 9.68. The summed E-state index contributed by atoms with van der Waals surface area (Å²) in [6.07, 6.45) is 2.88. The molecule has 0 aliphatic carbocycles. The Bertz CT molecular complexity index is 249. The molecule has 1 heterocycles. The molecule has 0 radical (unpaired) electrons. The molecule has 0 spiro atoms. The highest BCUT2D eigenvalue weighted by Crippen LogP contribution is 2.14. The third kappa shape index (κ3) is 3.73. The number of ketones is 1. The molecule has 1 nitrogen and oxygen atoms in total. The molecule has 1 rings (SSSR count). The fraction of sp³-hybridized carbons (Fsp3) is 0.545.